The quantitative estimate of drug-likeness (QED) is 0.842. The fourth-order valence-electron chi connectivity index (χ4n) is 1.74. The van der Waals surface area contributed by atoms with E-state index in [0.717, 1.165) is 18.9 Å². The number of para-hydroxylation sites is 1. The zero-order valence-electron chi connectivity index (χ0n) is 11.2. The summed E-state index contributed by atoms with van der Waals surface area (Å²) in [6.07, 6.45) is 0. The summed E-state index contributed by atoms with van der Waals surface area (Å²) in [5.74, 6) is 1.07. The van der Waals surface area contributed by atoms with Crippen LogP contribution in [0.3, 0.4) is 0 Å². The highest BCUT2D eigenvalue weighted by atomic mass is 15.1. The predicted octanol–water partition coefficient (Wildman–Crippen LogP) is 2.82. The lowest BCUT2D eigenvalue weighted by molar-refractivity contribution is 0.928. The summed E-state index contributed by atoms with van der Waals surface area (Å²) in [7, 11) is 0. The fraction of sp³-hybridized carbons (Fsp3) is 0.500. The van der Waals surface area contributed by atoms with Crippen LogP contribution in [0.1, 0.15) is 26.3 Å². The molecule has 0 bridgehead atoms. The first-order valence-electron chi connectivity index (χ1n) is 6.38. The molecule has 1 atom stereocenters. The fourth-order valence-corrected chi connectivity index (χ4v) is 1.74. The van der Waals surface area contributed by atoms with Gasteiger partial charge in [0.2, 0.25) is 0 Å². The van der Waals surface area contributed by atoms with Gasteiger partial charge in [0.05, 0.1) is 12.6 Å². The highest BCUT2D eigenvalue weighted by Gasteiger charge is 2.13. The molecule has 3 nitrogen and oxygen atoms in total. The minimum absolute atomic E-state index is 0.258. The molecule has 0 saturated carbocycles. The number of amidine groups is 1. The molecular formula is C14H23N3. The molecule has 17 heavy (non-hydrogen) atoms. The molecule has 1 aliphatic rings. The average Bonchev–Trinajstić information content (AvgIpc) is 2.88. The lowest BCUT2D eigenvalue weighted by Gasteiger charge is -2.17. The Bertz CT molecular complexity index is 371. The van der Waals surface area contributed by atoms with Crippen LogP contribution in [0, 0.1) is 6.92 Å². The first-order chi connectivity index (χ1) is 8.27. The summed E-state index contributed by atoms with van der Waals surface area (Å²) < 4.78 is 0. The third kappa shape index (κ3) is 3.77. The van der Waals surface area contributed by atoms with Crippen molar-refractivity contribution >= 4 is 11.5 Å². The number of nitrogens with zero attached hydrogens (tertiary/aromatic N) is 1. The second kappa shape index (κ2) is 6.94. The van der Waals surface area contributed by atoms with E-state index in [1.54, 1.807) is 0 Å². The summed E-state index contributed by atoms with van der Waals surface area (Å²) in [4.78, 5) is 4.40. The molecule has 0 saturated heterocycles. The van der Waals surface area contributed by atoms with Gasteiger partial charge in [0.1, 0.15) is 5.84 Å². The van der Waals surface area contributed by atoms with Gasteiger partial charge in [-0.25, -0.2) is 0 Å². The van der Waals surface area contributed by atoms with Crippen molar-refractivity contribution in [3.05, 3.63) is 29.8 Å². The molecule has 94 valence electrons. The van der Waals surface area contributed by atoms with Gasteiger partial charge in [0.15, 0.2) is 0 Å². The molecule has 2 N–H and O–H groups in total. The van der Waals surface area contributed by atoms with Crippen LogP contribution in [-0.4, -0.2) is 25.0 Å². The van der Waals surface area contributed by atoms with Crippen LogP contribution in [-0.2, 0) is 0 Å². The molecule has 1 unspecified atom stereocenters. The standard InChI is InChI=1S/C12H17N3.C2H6/c1-9-5-3-4-6-11(9)15-10(2)12-13-7-8-14-12;1-2/h3-6,10,15H,7-8H2,1-2H3,(H,13,14);1-2H3. The van der Waals surface area contributed by atoms with Gasteiger partial charge in [0.25, 0.3) is 0 Å². The van der Waals surface area contributed by atoms with Crippen molar-refractivity contribution in [2.75, 3.05) is 18.4 Å². The van der Waals surface area contributed by atoms with Crippen LogP contribution in [0.5, 0.6) is 0 Å². The number of rotatable bonds is 3. The highest BCUT2D eigenvalue weighted by Crippen LogP contribution is 2.14. The molecule has 0 aliphatic carbocycles. The Morgan fingerprint density at radius 2 is 2.00 bits per heavy atom. The lowest BCUT2D eigenvalue weighted by Crippen LogP contribution is -2.34. The molecule has 0 radical (unpaired) electrons. The molecule has 1 aliphatic heterocycles. The number of benzene rings is 1. The summed E-state index contributed by atoms with van der Waals surface area (Å²) in [5, 5.41) is 6.74. The maximum absolute atomic E-state index is 4.40. The Hall–Kier alpha value is -1.51. The molecule has 1 aromatic rings. The molecule has 1 heterocycles. The highest BCUT2D eigenvalue weighted by molar-refractivity contribution is 5.90. The Balaban J connectivity index is 0.000000686. The van der Waals surface area contributed by atoms with Gasteiger partial charge < -0.3 is 10.6 Å². The van der Waals surface area contributed by atoms with Crippen molar-refractivity contribution in [1.29, 1.82) is 0 Å². The molecule has 1 aromatic carbocycles. The SMILES string of the molecule is CC.Cc1ccccc1NC(C)C1=NCCN1. The van der Waals surface area contributed by atoms with Gasteiger partial charge in [-0.2, -0.15) is 0 Å². The number of anilines is 1. The van der Waals surface area contributed by atoms with Crippen molar-refractivity contribution in [2.45, 2.75) is 33.7 Å². The van der Waals surface area contributed by atoms with Crippen LogP contribution < -0.4 is 10.6 Å². The van der Waals surface area contributed by atoms with E-state index in [1.165, 1.54) is 11.3 Å². The van der Waals surface area contributed by atoms with Crippen LogP contribution >= 0.6 is 0 Å². The molecule has 2 rings (SSSR count). The van der Waals surface area contributed by atoms with Crippen molar-refractivity contribution in [3.63, 3.8) is 0 Å². The molecule has 0 fully saturated rings. The van der Waals surface area contributed by atoms with Crippen molar-refractivity contribution in [2.24, 2.45) is 4.99 Å². The monoisotopic (exact) mass is 233 g/mol. The van der Waals surface area contributed by atoms with Gasteiger partial charge in [-0.1, -0.05) is 32.0 Å². The van der Waals surface area contributed by atoms with Gasteiger partial charge >= 0.3 is 0 Å². The topological polar surface area (TPSA) is 36.4 Å². The molecular weight excluding hydrogens is 210 g/mol. The third-order valence-corrected chi connectivity index (χ3v) is 2.63. The normalized spacial score (nSPS) is 15.2. The van der Waals surface area contributed by atoms with E-state index in [4.69, 9.17) is 0 Å². The second-order valence-corrected chi connectivity index (χ2v) is 3.87. The second-order valence-electron chi connectivity index (χ2n) is 3.87. The van der Waals surface area contributed by atoms with Gasteiger partial charge in [-0.15, -0.1) is 0 Å². The first-order valence-corrected chi connectivity index (χ1v) is 6.38. The first kappa shape index (κ1) is 13.6. The van der Waals surface area contributed by atoms with Crippen LogP contribution in [0.25, 0.3) is 0 Å². The number of nitrogens with one attached hydrogen (secondary N) is 2. The van der Waals surface area contributed by atoms with Crippen molar-refractivity contribution < 1.29 is 0 Å². The number of aliphatic imine (C=N–C) groups is 1. The summed E-state index contributed by atoms with van der Waals surface area (Å²) in [5.41, 5.74) is 2.45. The van der Waals surface area contributed by atoms with Crippen LogP contribution in [0.15, 0.2) is 29.3 Å². The summed E-state index contributed by atoms with van der Waals surface area (Å²) in [6.45, 7) is 10.1. The molecule has 3 heteroatoms. The molecule has 0 aromatic heterocycles. The van der Waals surface area contributed by atoms with Crippen LogP contribution in [0.4, 0.5) is 5.69 Å². The van der Waals surface area contributed by atoms with Crippen molar-refractivity contribution in [3.8, 4) is 0 Å². The van der Waals surface area contributed by atoms with E-state index in [9.17, 15) is 0 Å². The molecule has 0 amide bonds. The largest absolute Gasteiger partial charge is 0.375 e. The Labute approximate surface area is 104 Å². The number of aryl methyl sites for hydroxylation is 1. The maximum Gasteiger partial charge on any atom is 0.119 e. The van der Waals surface area contributed by atoms with E-state index in [2.05, 4.69) is 47.7 Å². The van der Waals surface area contributed by atoms with E-state index >= 15 is 0 Å². The van der Waals surface area contributed by atoms with Crippen molar-refractivity contribution in [1.82, 2.24) is 5.32 Å². The Kier molecular flexibility index (Phi) is 5.53. The third-order valence-electron chi connectivity index (χ3n) is 2.63. The lowest BCUT2D eigenvalue weighted by atomic mass is 10.2. The summed E-state index contributed by atoms with van der Waals surface area (Å²) in [6, 6.07) is 8.57. The smallest absolute Gasteiger partial charge is 0.119 e. The summed E-state index contributed by atoms with van der Waals surface area (Å²) >= 11 is 0. The molecule has 0 spiro atoms. The minimum atomic E-state index is 0.258. The number of hydrogen-bond donors (Lipinski definition) is 2. The maximum atomic E-state index is 4.40. The van der Waals surface area contributed by atoms with Gasteiger partial charge in [-0.05, 0) is 25.5 Å². The van der Waals surface area contributed by atoms with E-state index in [-0.39, 0.29) is 6.04 Å². The van der Waals surface area contributed by atoms with E-state index in [0.29, 0.717) is 0 Å². The Morgan fingerprint density at radius 3 is 2.59 bits per heavy atom. The zero-order chi connectivity index (χ0) is 12.7. The zero-order valence-corrected chi connectivity index (χ0v) is 11.2. The van der Waals surface area contributed by atoms with E-state index in [1.807, 2.05) is 19.9 Å². The Morgan fingerprint density at radius 1 is 1.29 bits per heavy atom. The van der Waals surface area contributed by atoms with Gasteiger partial charge in [0, 0.05) is 12.2 Å². The average molecular weight is 233 g/mol. The van der Waals surface area contributed by atoms with Gasteiger partial charge in [-0.3, -0.25) is 4.99 Å². The van der Waals surface area contributed by atoms with E-state index < -0.39 is 0 Å². The van der Waals surface area contributed by atoms with Crippen LogP contribution in [0.2, 0.25) is 0 Å². The minimum Gasteiger partial charge on any atom is -0.375 e. The predicted molar refractivity (Wildman–Crippen MR) is 75.9 cm³/mol. The number of hydrogen-bond acceptors (Lipinski definition) is 3.